The van der Waals surface area contributed by atoms with Crippen LogP contribution in [0.5, 0.6) is 0 Å². The van der Waals surface area contributed by atoms with E-state index in [2.05, 4.69) is 60.7 Å². The van der Waals surface area contributed by atoms with Gasteiger partial charge in [-0.25, -0.2) is 0 Å². The molecule has 0 aliphatic carbocycles. The summed E-state index contributed by atoms with van der Waals surface area (Å²) in [5.41, 5.74) is 0. The third-order valence-corrected chi connectivity index (χ3v) is 3.47. The summed E-state index contributed by atoms with van der Waals surface area (Å²) in [6.45, 7) is 0. The number of fused-ring (bicyclic) bond motifs is 5. The molecule has 0 aliphatic rings. The molecule has 0 spiro atoms. The zero-order valence-corrected chi connectivity index (χ0v) is 9.77. The molecule has 0 heteroatoms. The van der Waals surface area contributed by atoms with Crippen LogP contribution in [-0.4, -0.2) is 0 Å². The van der Waals surface area contributed by atoms with Crippen molar-refractivity contribution in [2.24, 2.45) is 0 Å². The second kappa shape index (κ2) is 3.58. The number of benzene rings is 4. The lowest BCUT2D eigenvalue weighted by atomic mass is 9.97. The highest BCUT2D eigenvalue weighted by atomic mass is 14.1. The predicted octanol–water partition coefficient (Wildman–Crippen LogP) is 4.75. The van der Waals surface area contributed by atoms with E-state index in [9.17, 15) is 0 Å². The fraction of sp³-hybridized carbons (Fsp3) is 0. The van der Waals surface area contributed by atoms with Crippen molar-refractivity contribution in [1.29, 1.82) is 0 Å². The molecule has 0 heterocycles. The Morgan fingerprint density at radius 1 is 0.667 bits per heavy atom. The monoisotopic (exact) mass is 226 g/mol. The molecule has 0 amide bonds. The van der Waals surface area contributed by atoms with E-state index < -0.39 is 0 Å². The van der Waals surface area contributed by atoms with Gasteiger partial charge in [-0.15, -0.1) is 0 Å². The molecule has 0 atom stereocenters. The van der Waals surface area contributed by atoms with Crippen LogP contribution in [0.1, 0.15) is 0 Å². The van der Waals surface area contributed by atoms with Gasteiger partial charge in [0.1, 0.15) is 0 Å². The van der Waals surface area contributed by atoms with Gasteiger partial charge in [0.2, 0.25) is 0 Å². The molecule has 0 saturated carbocycles. The summed E-state index contributed by atoms with van der Waals surface area (Å²) in [6.07, 6.45) is 0. The average molecular weight is 226 g/mol. The Kier molecular flexibility index (Phi) is 1.92. The molecule has 0 bridgehead atoms. The Bertz CT molecular complexity index is 797. The first-order chi connectivity index (χ1) is 8.93. The van der Waals surface area contributed by atoms with Gasteiger partial charge in [-0.05, 0) is 50.5 Å². The first kappa shape index (κ1) is 9.67. The van der Waals surface area contributed by atoms with Crippen molar-refractivity contribution in [3.05, 3.63) is 72.8 Å². The van der Waals surface area contributed by atoms with Crippen molar-refractivity contribution in [3.8, 4) is 0 Å². The van der Waals surface area contributed by atoms with E-state index in [1.54, 1.807) is 0 Å². The Labute approximate surface area is 105 Å². The molecule has 0 nitrogen and oxygen atoms in total. The van der Waals surface area contributed by atoms with Crippen LogP contribution in [0.25, 0.3) is 32.3 Å². The van der Waals surface area contributed by atoms with E-state index in [4.69, 9.17) is 0 Å². The van der Waals surface area contributed by atoms with Crippen LogP contribution >= 0.6 is 0 Å². The molecule has 0 saturated heterocycles. The molecule has 2 radical (unpaired) electrons. The number of rotatable bonds is 0. The Balaban J connectivity index is 2.31. The zero-order valence-electron chi connectivity index (χ0n) is 9.77. The normalized spacial score (nSPS) is 11.3. The maximum Gasteiger partial charge on any atom is -0.00199 e. The fourth-order valence-electron chi connectivity index (χ4n) is 2.60. The molecule has 0 aliphatic heterocycles. The molecule has 82 valence electrons. The van der Waals surface area contributed by atoms with Crippen molar-refractivity contribution in [3.63, 3.8) is 0 Å². The third kappa shape index (κ3) is 1.26. The second-order valence-corrected chi connectivity index (χ2v) is 4.50. The first-order valence-electron chi connectivity index (χ1n) is 6.06. The molecular formula is C18H10. The van der Waals surface area contributed by atoms with Gasteiger partial charge in [-0.2, -0.15) is 0 Å². The summed E-state index contributed by atoms with van der Waals surface area (Å²) >= 11 is 0. The average Bonchev–Trinajstić information content (AvgIpc) is 2.46. The summed E-state index contributed by atoms with van der Waals surface area (Å²) in [4.78, 5) is 0. The summed E-state index contributed by atoms with van der Waals surface area (Å²) in [5, 5.41) is 7.35. The standard InChI is InChI=1S/C18H10/c1-3-7-15-13(5-1)9-11-18-16-8-4-2-6-14(16)10-12-17(15)18/h1-5,7-10,12H. The van der Waals surface area contributed by atoms with Crippen LogP contribution in [0.3, 0.4) is 0 Å². The van der Waals surface area contributed by atoms with Crippen molar-refractivity contribution in [2.45, 2.75) is 0 Å². The van der Waals surface area contributed by atoms with Gasteiger partial charge in [0.05, 0.1) is 0 Å². The number of hydrogen-bond donors (Lipinski definition) is 0. The highest BCUT2D eigenvalue weighted by Crippen LogP contribution is 2.30. The summed E-state index contributed by atoms with van der Waals surface area (Å²) in [6, 6.07) is 27.7. The number of hydrogen-bond acceptors (Lipinski definition) is 0. The Hall–Kier alpha value is -2.34. The van der Waals surface area contributed by atoms with E-state index in [0.29, 0.717) is 0 Å². The molecule has 4 aromatic carbocycles. The van der Waals surface area contributed by atoms with Gasteiger partial charge in [0.25, 0.3) is 0 Å². The fourth-order valence-corrected chi connectivity index (χ4v) is 2.60. The van der Waals surface area contributed by atoms with E-state index in [0.717, 1.165) is 5.39 Å². The Morgan fingerprint density at radius 2 is 1.56 bits per heavy atom. The molecule has 18 heavy (non-hydrogen) atoms. The largest absolute Gasteiger partial charge is 0.0616 e. The summed E-state index contributed by atoms with van der Waals surface area (Å²) in [7, 11) is 0. The lowest BCUT2D eigenvalue weighted by Crippen LogP contribution is -1.80. The van der Waals surface area contributed by atoms with E-state index in [-0.39, 0.29) is 0 Å². The minimum atomic E-state index is 1.15. The van der Waals surface area contributed by atoms with Gasteiger partial charge in [-0.1, -0.05) is 54.6 Å². The smallest absolute Gasteiger partial charge is 0.00199 e. The predicted molar refractivity (Wildman–Crippen MR) is 76.6 cm³/mol. The second-order valence-electron chi connectivity index (χ2n) is 4.50. The van der Waals surface area contributed by atoms with E-state index in [1.807, 2.05) is 12.1 Å². The van der Waals surface area contributed by atoms with Crippen LogP contribution in [-0.2, 0) is 0 Å². The zero-order chi connectivity index (χ0) is 11.9. The van der Waals surface area contributed by atoms with Crippen molar-refractivity contribution >= 4 is 32.3 Å². The van der Waals surface area contributed by atoms with Crippen LogP contribution in [0.15, 0.2) is 60.7 Å². The van der Waals surface area contributed by atoms with Crippen LogP contribution in [0, 0.1) is 12.1 Å². The van der Waals surface area contributed by atoms with Gasteiger partial charge < -0.3 is 0 Å². The third-order valence-electron chi connectivity index (χ3n) is 3.47. The van der Waals surface area contributed by atoms with Gasteiger partial charge >= 0.3 is 0 Å². The molecule has 0 aromatic heterocycles. The van der Waals surface area contributed by atoms with Crippen molar-refractivity contribution in [1.82, 2.24) is 0 Å². The molecule has 4 aromatic rings. The van der Waals surface area contributed by atoms with Crippen LogP contribution < -0.4 is 0 Å². The van der Waals surface area contributed by atoms with Gasteiger partial charge in [0, 0.05) is 0 Å². The lowest BCUT2D eigenvalue weighted by Gasteiger charge is -2.06. The van der Waals surface area contributed by atoms with E-state index in [1.165, 1.54) is 26.9 Å². The van der Waals surface area contributed by atoms with Crippen LogP contribution in [0.4, 0.5) is 0 Å². The minimum absolute atomic E-state index is 1.15. The van der Waals surface area contributed by atoms with Crippen LogP contribution in [0.2, 0.25) is 0 Å². The Morgan fingerprint density at radius 3 is 2.56 bits per heavy atom. The molecule has 4 rings (SSSR count). The molecule has 0 N–H and O–H groups in total. The molecule has 0 unspecified atom stereocenters. The van der Waals surface area contributed by atoms with Crippen molar-refractivity contribution < 1.29 is 0 Å². The van der Waals surface area contributed by atoms with Crippen molar-refractivity contribution in [2.75, 3.05) is 0 Å². The lowest BCUT2D eigenvalue weighted by molar-refractivity contribution is 1.76. The van der Waals surface area contributed by atoms with Gasteiger partial charge in [-0.3, -0.25) is 0 Å². The maximum absolute atomic E-state index is 3.42. The molecule has 0 fully saturated rings. The topological polar surface area (TPSA) is 0 Å². The highest BCUT2D eigenvalue weighted by Gasteiger charge is 2.03. The highest BCUT2D eigenvalue weighted by molar-refractivity contribution is 6.16. The summed E-state index contributed by atoms with van der Waals surface area (Å²) < 4.78 is 0. The quantitative estimate of drug-likeness (QED) is 0.380. The summed E-state index contributed by atoms with van der Waals surface area (Å²) in [5.74, 6) is 0. The minimum Gasteiger partial charge on any atom is -0.0616 e. The molecular weight excluding hydrogens is 216 g/mol. The van der Waals surface area contributed by atoms with E-state index >= 15 is 0 Å². The SMILES string of the molecule is [c]1cccc2c1ccc1c2[c]cc2ccccc21. The van der Waals surface area contributed by atoms with Gasteiger partial charge in [0.15, 0.2) is 0 Å². The first-order valence-corrected chi connectivity index (χ1v) is 6.06. The maximum atomic E-state index is 3.42.